The third-order valence-electron chi connectivity index (χ3n) is 0.566. The molecule has 0 atom stereocenters. The second-order valence-electron chi connectivity index (χ2n) is 1.02. The van der Waals surface area contributed by atoms with E-state index >= 15 is 0 Å². The molecular formula is C5H11ClN3Pt+. The zero-order valence-electron chi connectivity index (χ0n) is 5.44. The van der Waals surface area contributed by atoms with Crippen LogP contribution in [0.1, 0.15) is 0 Å². The molecular weight excluding hydrogens is 333 g/mol. The van der Waals surface area contributed by atoms with Crippen molar-refractivity contribution in [3.05, 3.63) is 30.6 Å². The van der Waals surface area contributed by atoms with E-state index in [0.717, 1.165) is 0 Å². The fraction of sp³-hybridized carbons (Fsp3) is 0. The van der Waals surface area contributed by atoms with E-state index in [-0.39, 0.29) is 12.3 Å². The van der Waals surface area contributed by atoms with Gasteiger partial charge < -0.3 is 12.3 Å². The molecule has 6 N–H and O–H groups in total. The molecule has 0 aliphatic heterocycles. The SMILES string of the molecule is N.N.[Cl][Pt+].c1ccncc1. The Morgan fingerprint density at radius 2 is 1.30 bits per heavy atom. The van der Waals surface area contributed by atoms with Gasteiger partial charge in [0.2, 0.25) is 0 Å². The molecule has 62 valence electrons. The van der Waals surface area contributed by atoms with E-state index < -0.39 is 0 Å². The van der Waals surface area contributed by atoms with Crippen LogP contribution in [0.2, 0.25) is 0 Å². The van der Waals surface area contributed by atoms with Crippen LogP contribution in [-0.4, -0.2) is 4.98 Å². The molecule has 0 radical (unpaired) electrons. The maximum absolute atomic E-state index is 4.61. The molecule has 0 bridgehead atoms. The third-order valence-corrected chi connectivity index (χ3v) is 0.566. The van der Waals surface area contributed by atoms with Gasteiger partial charge in [-0.15, -0.1) is 0 Å². The van der Waals surface area contributed by atoms with Gasteiger partial charge in [0.1, 0.15) is 0 Å². The second kappa shape index (κ2) is 16.0. The van der Waals surface area contributed by atoms with Gasteiger partial charge in [0.15, 0.2) is 0 Å². The smallest absolute Gasteiger partial charge is 0.0267 e. The van der Waals surface area contributed by atoms with Crippen LogP contribution in [0.5, 0.6) is 0 Å². The van der Waals surface area contributed by atoms with Gasteiger partial charge >= 0.3 is 28.2 Å². The molecule has 0 saturated heterocycles. The third kappa shape index (κ3) is 10.9. The van der Waals surface area contributed by atoms with Crippen molar-refractivity contribution in [1.82, 2.24) is 17.3 Å². The average Bonchev–Trinajstić information content (AvgIpc) is 1.96. The largest absolute Gasteiger partial charge is 0.265 e. The van der Waals surface area contributed by atoms with Crippen LogP contribution >= 0.6 is 9.42 Å². The van der Waals surface area contributed by atoms with E-state index in [2.05, 4.69) is 14.4 Å². The summed E-state index contributed by atoms with van der Waals surface area (Å²) in [7, 11) is 4.61. The van der Waals surface area contributed by atoms with Crippen LogP contribution in [0.4, 0.5) is 0 Å². The number of nitrogens with zero attached hydrogens (tertiary/aromatic N) is 1. The van der Waals surface area contributed by atoms with Gasteiger partial charge in [-0.2, -0.15) is 0 Å². The number of pyridine rings is 1. The van der Waals surface area contributed by atoms with Crippen molar-refractivity contribution in [3.63, 3.8) is 0 Å². The van der Waals surface area contributed by atoms with E-state index in [9.17, 15) is 0 Å². The molecule has 5 heteroatoms. The van der Waals surface area contributed by atoms with Gasteiger partial charge in [0, 0.05) is 12.4 Å². The summed E-state index contributed by atoms with van der Waals surface area (Å²) in [5, 5.41) is 0. The maximum Gasteiger partial charge on any atom is 0.0267 e. The minimum absolute atomic E-state index is 0. The first kappa shape index (κ1) is 16.6. The quantitative estimate of drug-likeness (QED) is 0.756. The van der Waals surface area contributed by atoms with Crippen molar-refractivity contribution in [2.24, 2.45) is 0 Å². The minimum atomic E-state index is 0. The average molecular weight is 344 g/mol. The van der Waals surface area contributed by atoms with Crippen molar-refractivity contribution >= 4 is 9.42 Å². The molecule has 10 heavy (non-hydrogen) atoms. The van der Waals surface area contributed by atoms with Crippen molar-refractivity contribution in [2.75, 3.05) is 0 Å². The van der Waals surface area contributed by atoms with Crippen molar-refractivity contribution in [2.45, 2.75) is 0 Å². The Balaban J connectivity index is -0.000000114. The summed E-state index contributed by atoms with van der Waals surface area (Å²) in [5.41, 5.74) is 0. The van der Waals surface area contributed by atoms with Gasteiger partial charge in [-0.1, -0.05) is 6.07 Å². The van der Waals surface area contributed by atoms with Crippen molar-refractivity contribution < 1.29 is 18.8 Å². The normalized spacial score (nSPS) is 5.50. The number of aromatic nitrogens is 1. The second-order valence-corrected chi connectivity index (χ2v) is 1.02. The summed E-state index contributed by atoms with van der Waals surface area (Å²) < 4.78 is 0. The van der Waals surface area contributed by atoms with E-state index in [4.69, 9.17) is 0 Å². The molecule has 0 saturated carbocycles. The summed E-state index contributed by atoms with van der Waals surface area (Å²) in [4.78, 5) is 3.78. The van der Waals surface area contributed by atoms with Gasteiger partial charge in [-0.25, -0.2) is 0 Å². The first-order valence-corrected chi connectivity index (χ1v) is 4.78. The molecule has 0 aromatic carbocycles. The Kier molecular flexibility index (Phi) is 26.5. The molecule has 0 spiro atoms. The minimum Gasteiger partial charge on any atom is -0.265 e. The van der Waals surface area contributed by atoms with Crippen molar-refractivity contribution in [3.8, 4) is 0 Å². The Morgan fingerprint density at radius 1 is 0.900 bits per heavy atom. The van der Waals surface area contributed by atoms with E-state index in [1.165, 1.54) is 0 Å². The van der Waals surface area contributed by atoms with Crippen LogP contribution < -0.4 is 12.3 Å². The molecule has 1 aromatic heterocycles. The van der Waals surface area contributed by atoms with Crippen LogP contribution in [0, 0.1) is 0 Å². The van der Waals surface area contributed by atoms with Gasteiger partial charge in [0.25, 0.3) is 0 Å². The fourth-order valence-electron chi connectivity index (χ4n) is 0.313. The Morgan fingerprint density at radius 3 is 1.40 bits per heavy atom. The first-order valence-electron chi connectivity index (χ1n) is 1.97. The number of hydrogen-bond acceptors (Lipinski definition) is 3. The summed E-state index contributed by atoms with van der Waals surface area (Å²) in [6.45, 7) is 0. The van der Waals surface area contributed by atoms with Crippen LogP contribution in [0.15, 0.2) is 30.6 Å². The summed E-state index contributed by atoms with van der Waals surface area (Å²) in [6, 6.07) is 5.72. The topological polar surface area (TPSA) is 82.9 Å². The number of rotatable bonds is 0. The molecule has 0 amide bonds. The summed E-state index contributed by atoms with van der Waals surface area (Å²) in [5.74, 6) is 0. The number of halogens is 1. The predicted octanol–water partition coefficient (Wildman–Crippen LogP) is 2.09. The van der Waals surface area contributed by atoms with E-state index in [0.29, 0.717) is 0 Å². The fourth-order valence-corrected chi connectivity index (χ4v) is 0.313. The van der Waals surface area contributed by atoms with Crippen molar-refractivity contribution in [1.29, 1.82) is 0 Å². The molecule has 3 nitrogen and oxygen atoms in total. The van der Waals surface area contributed by atoms with Crippen LogP contribution in [0.3, 0.4) is 0 Å². The molecule has 1 aromatic rings. The summed E-state index contributed by atoms with van der Waals surface area (Å²) in [6.07, 6.45) is 3.50. The standard InChI is InChI=1S/C5H5N.ClH.2H3N.Pt/c1-2-4-6-5-3-1;;;;/h1-5H;1H;2*1H3;/q;;;;+2/p-1. The molecule has 0 unspecified atom stereocenters. The zero-order chi connectivity index (χ0) is 6.24. The van der Waals surface area contributed by atoms with Crippen LogP contribution in [0.25, 0.3) is 0 Å². The monoisotopic (exact) mass is 343 g/mol. The zero-order valence-corrected chi connectivity index (χ0v) is 8.47. The van der Waals surface area contributed by atoms with E-state index in [1.54, 1.807) is 31.2 Å². The first-order chi connectivity index (χ1) is 4.00. The summed E-state index contributed by atoms with van der Waals surface area (Å²) >= 11 is 1.61. The van der Waals surface area contributed by atoms with Gasteiger partial charge in [-0.3, -0.25) is 4.98 Å². The molecule has 1 rings (SSSR count). The molecule has 0 fully saturated rings. The maximum atomic E-state index is 4.61. The Hall–Kier alpha value is 0.0483. The predicted molar refractivity (Wildman–Crippen MR) is 40.1 cm³/mol. The van der Waals surface area contributed by atoms with Gasteiger partial charge in [0.05, 0.1) is 0 Å². The molecule has 1 heterocycles. The van der Waals surface area contributed by atoms with Crippen LogP contribution in [-0.2, 0) is 18.8 Å². The molecule has 0 aliphatic rings. The van der Waals surface area contributed by atoms with Gasteiger partial charge in [-0.05, 0) is 12.1 Å². The van der Waals surface area contributed by atoms with E-state index in [1.807, 2.05) is 18.2 Å². The number of hydrogen-bond donors (Lipinski definition) is 2. The Labute approximate surface area is 76.2 Å². The Bertz CT molecular complexity index is 88.8. The molecule has 0 aliphatic carbocycles.